The lowest BCUT2D eigenvalue weighted by molar-refractivity contribution is -0.123. The minimum Gasteiger partial charge on any atom is -0.324 e. The van der Waals surface area contributed by atoms with Crippen LogP contribution in [-0.4, -0.2) is 11.4 Å². The molecule has 1 amide bonds. The van der Waals surface area contributed by atoms with Crippen molar-refractivity contribution in [3.8, 4) is 6.07 Å². The fourth-order valence-electron chi connectivity index (χ4n) is 1.71. The normalized spacial score (nSPS) is 17.0. The van der Waals surface area contributed by atoms with Gasteiger partial charge in [0.25, 0.3) is 0 Å². The van der Waals surface area contributed by atoms with Crippen LogP contribution in [0.2, 0.25) is 0 Å². The number of carbonyl (C=O) groups is 1. The molecule has 1 aliphatic carbocycles. The van der Waals surface area contributed by atoms with Crippen molar-refractivity contribution >= 4 is 11.6 Å². The average molecular weight is 215 g/mol. The molecule has 1 fully saturated rings. The summed E-state index contributed by atoms with van der Waals surface area (Å²) in [6.45, 7) is 0. The molecular weight excluding hydrogens is 202 g/mol. The summed E-state index contributed by atoms with van der Waals surface area (Å²) in [5.74, 6) is -0.158. The van der Waals surface area contributed by atoms with Gasteiger partial charge < -0.3 is 11.1 Å². The van der Waals surface area contributed by atoms with Gasteiger partial charge in [0.15, 0.2) is 0 Å². The van der Waals surface area contributed by atoms with Gasteiger partial charge in [0.05, 0.1) is 17.2 Å². The quantitative estimate of drug-likeness (QED) is 0.782. The van der Waals surface area contributed by atoms with Gasteiger partial charge >= 0.3 is 0 Å². The lowest BCUT2D eigenvalue weighted by Crippen LogP contribution is -2.56. The molecule has 0 bridgehead atoms. The maximum Gasteiger partial charge on any atom is 0.244 e. The van der Waals surface area contributed by atoms with Gasteiger partial charge in [-0.25, -0.2) is 0 Å². The Morgan fingerprint density at radius 1 is 1.50 bits per heavy atom. The van der Waals surface area contributed by atoms with E-state index in [9.17, 15) is 4.79 Å². The van der Waals surface area contributed by atoms with Gasteiger partial charge in [-0.1, -0.05) is 6.07 Å². The van der Waals surface area contributed by atoms with Crippen LogP contribution in [0.5, 0.6) is 0 Å². The van der Waals surface area contributed by atoms with E-state index in [4.69, 9.17) is 11.0 Å². The van der Waals surface area contributed by atoms with E-state index in [-0.39, 0.29) is 5.91 Å². The Morgan fingerprint density at radius 2 is 2.25 bits per heavy atom. The summed E-state index contributed by atoms with van der Waals surface area (Å²) in [6.07, 6.45) is 2.47. The van der Waals surface area contributed by atoms with E-state index in [0.717, 1.165) is 19.3 Å². The van der Waals surface area contributed by atoms with Gasteiger partial charge in [0.2, 0.25) is 5.91 Å². The van der Waals surface area contributed by atoms with Crippen molar-refractivity contribution in [3.63, 3.8) is 0 Å². The molecule has 0 unspecified atom stereocenters. The first-order valence-electron chi connectivity index (χ1n) is 5.24. The molecule has 0 saturated heterocycles. The first-order chi connectivity index (χ1) is 7.64. The van der Waals surface area contributed by atoms with Crippen molar-refractivity contribution in [1.29, 1.82) is 5.26 Å². The SMILES string of the molecule is N#Cc1cccc(NC(=O)C2(N)CCC2)c1. The summed E-state index contributed by atoms with van der Waals surface area (Å²) < 4.78 is 0. The number of nitrogens with one attached hydrogen (secondary N) is 1. The van der Waals surface area contributed by atoms with E-state index in [1.807, 2.05) is 6.07 Å². The molecule has 0 radical (unpaired) electrons. The maximum atomic E-state index is 11.8. The Kier molecular flexibility index (Phi) is 2.63. The third kappa shape index (κ3) is 1.90. The van der Waals surface area contributed by atoms with E-state index < -0.39 is 5.54 Å². The highest BCUT2D eigenvalue weighted by atomic mass is 16.2. The minimum atomic E-state index is -0.706. The lowest BCUT2D eigenvalue weighted by Gasteiger charge is -2.36. The van der Waals surface area contributed by atoms with Crippen molar-refractivity contribution in [2.45, 2.75) is 24.8 Å². The second-order valence-electron chi connectivity index (χ2n) is 4.16. The van der Waals surface area contributed by atoms with Crippen molar-refractivity contribution in [2.75, 3.05) is 5.32 Å². The molecule has 0 spiro atoms. The largest absolute Gasteiger partial charge is 0.324 e. The third-order valence-corrected chi connectivity index (χ3v) is 2.95. The van der Waals surface area contributed by atoms with Crippen LogP contribution in [0.15, 0.2) is 24.3 Å². The number of anilines is 1. The maximum absolute atomic E-state index is 11.8. The van der Waals surface area contributed by atoms with Gasteiger partial charge in [0, 0.05) is 5.69 Å². The molecule has 4 nitrogen and oxygen atoms in total. The van der Waals surface area contributed by atoms with Gasteiger partial charge in [-0.3, -0.25) is 4.79 Å². The molecule has 0 aromatic heterocycles. The number of nitriles is 1. The first kappa shape index (κ1) is 10.7. The highest BCUT2D eigenvalue weighted by Crippen LogP contribution is 2.30. The number of amides is 1. The Bertz CT molecular complexity index is 458. The zero-order valence-corrected chi connectivity index (χ0v) is 8.86. The second kappa shape index (κ2) is 3.95. The molecule has 0 aliphatic heterocycles. The van der Waals surface area contributed by atoms with E-state index in [1.54, 1.807) is 24.3 Å². The van der Waals surface area contributed by atoms with Crippen LogP contribution in [0.25, 0.3) is 0 Å². The van der Waals surface area contributed by atoms with Crippen molar-refractivity contribution in [3.05, 3.63) is 29.8 Å². The Morgan fingerprint density at radius 3 is 2.81 bits per heavy atom. The average Bonchev–Trinajstić information content (AvgIpc) is 2.26. The van der Waals surface area contributed by atoms with Crippen molar-refractivity contribution in [1.82, 2.24) is 0 Å². The summed E-state index contributed by atoms with van der Waals surface area (Å²) in [5, 5.41) is 11.5. The van der Waals surface area contributed by atoms with Gasteiger partial charge in [-0.2, -0.15) is 5.26 Å². The monoisotopic (exact) mass is 215 g/mol. The fraction of sp³-hybridized carbons (Fsp3) is 0.333. The standard InChI is InChI=1S/C12H13N3O/c13-8-9-3-1-4-10(7-9)15-11(16)12(14)5-2-6-12/h1,3-4,7H,2,5-6,14H2,(H,15,16). The molecule has 0 heterocycles. The molecule has 16 heavy (non-hydrogen) atoms. The van der Waals surface area contributed by atoms with E-state index in [0.29, 0.717) is 11.3 Å². The van der Waals surface area contributed by atoms with Crippen LogP contribution in [0.3, 0.4) is 0 Å². The zero-order valence-electron chi connectivity index (χ0n) is 8.86. The van der Waals surface area contributed by atoms with Gasteiger partial charge in [-0.05, 0) is 37.5 Å². The number of carbonyl (C=O) groups excluding carboxylic acids is 1. The predicted molar refractivity (Wildman–Crippen MR) is 60.6 cm³/mol. The number of benzene rings is 1. The molecule has 3 N–H and O–H groups in total. The molecule has 2 rings (SSSR count). The molecule has 0 atom stereocenters. The number of nitrogens with two attached hydrogens (primary N) is 1. The summed E-state index contributed by atoms with van der Waals surface area (Å²) >= 11 is 0. The second-order valence-corrected chi connectivity index (χ2v) is 4.16. The van der Waals surface area contributed by atoms with Crippen LogP contribution < -0.4 is 11.1 Å². The van der Waals surface area contributed by atoms with Crippen LogP contribution in [0.1, 0.15) is 24.8 Å². The van der Waals surface area contributed by atoms with E-state index in [2.05, 4.69) is 5.32 Å². The van der Waals surface area contributed by atoms with E-state index in [1.165, 1.54) is 0 Å². The van der Waals surface area contributed by atoms with Crippen LogP contribution in [-0.2, 0) is 4.79 Å². The minimum absolute atomic E-state index is 0.158. The summed E-state index contributed by atoms with van der Waals surface area (Å²) in [5.41, 5.74) is 6.33. The van der Waals surface area contributed by atoms with Crippen molar-refractivity contribution < 1.29 is 4.79 Å². The summed E-state index contributed by atoms with van der Waals surface area (Å²) in [6, 6.07) is 8.84. The Balaban J connectivity index is 2.09. The highest BCUT2D eigenvalue weighted by molar-refractivity contribution is 5.98. The summed E-state index contributed by atoms with van der Waals surface area (Å²) in [7, 11) is 0. The number of nitrogens with zero attached hydrogens (tertiary/aromatic N) is 1. The number of hydrogen-bond donors (Lipinski definition) is 2. The topological polar surface area (TPSA) is 78.9 Å². The fourth-order valence-corrected chi connectivity index (χ4v) is 1.71. The van der Waals surface area contributed by atoms with Gasteiger partial charge in [0.1, 0.15) is 0 Å². The Labute approximate surface area is 94.1 Å². The first-order valence-corrected chi connectivity index (χ1v) is 5.24. The smallest absolute Gasteiger partial charge is 0.244 e. The molecule has 1 aromatic carbocycles. The molecular formula is C12H13N3O. The molecule has 1 aromatic rings. The predicted octanol–water partition coefficient (Wildman–Crippen LogP) is 1.38. The van der Waals surface area contributed by atoms with Crippen LogP contribution >= 0.6 is 0 Å². The number of hydrogen-bond acceptors (Lipinski definition) is 3. The molecule has 82 valence electrons. The van der Waals surface area contributed by atoms with Crippen molar-refractivity contribution in [2.24, 2.45) is 5.73 Å². The number of rotatable bonds is 2. The van der Waals surface area contributed by atoms with Crippen LogP contribution in [0, 0.1) is 11.3 Å². The molecule has 4 heteroatoms. The van der Waals surface area contributed by atoms with Gasteiger partial charge in [-0.15, -0.1) is 0 Å². The Hall–Kier alpha value is -1.86. The third-order valence-electron chi connectivity index (χ3n) is 2.95. The zero-order chi connectivity index (χ0) is 11.6. The van der Waals surface area contributed by atoms with E-state index >= 15 is 0 Å². The summed E-state index contributed by atoms with van der Waals surface area (Å²) in [4.78, 5) is 11.8. The molecule has 1 saturated carbocycles. The lowest BCUT2D eigenvalue weighted by atomic mass is 9.77. The molecule has 1 aliphatic rings. The van der Waals surface area contributed by atoms with Crippen LogP contribution in [0.4, 0.5) is 5.69 Å². The highest BCUT2D eigenvalue weighted by Gasteiger charge is 2.40.